The van der Waals surface area contributed by atoms with Crippen LogP contribution in [-0.4, -0.2) is 40.5 Å². The van der Waals surface area contributed by atoms with Gasteiger partial charge in [-0.1, -0.05) is 23.4 Å². The van der Waals surface area contributed by atoms with Crippen LogP contribution in [0.15, 0.2) is 41.4 Å². The summed E-state index contributed by atoms with van der Waals surface area (Å²) in [6, 6.07) is 6.31. The van der Waals surface area contributed by atoms with Crippen molar-refractivity contribution in [2.75, 3.05) is 13.7 Å². The number of aliphatic imine (C=N–C) groups is 1. The van der Waals surface area contributed by atoms with E-state index in [0.717, 1.165) is 0 Å². The lowest BCUT2D eigenvalue weighted by Crippen LogP contribution is -2.21. The first-order valence-electron chi connectivity index (χ1n) is 7.69. The summed E-state index contributed by atoms with van der Waals surface area (Å²) in [5.41, 5.74) is 1.56. The summed E-state index contributed by atoms with van der Waals surface area (Å²) in [6.45, 7) is 2.16. The van der Waals surface area contributed by atoms with E-state index in [1.54, 1.807) is 37.3 Å². The number of para-hydroxylation sites is 1. The predicted molar refractivity (Wildman–Crippen MR) is 87.8 cm³/mol. The van der Waals surface area contributed by atoms with Crippen molar-refractivity contribution in [3.05, 3.63) is 53.6 Å². The van der Waals surface area contributed by atoms with Crippen LogP contribution < -0.4 is 0 Å². The molecule has 0 bridgehead atoms. The lowest BCUT2D eigenvalue weighted by atomic mass is 10.1. The van der Waals surface area contributed by atoms with Gasteiger partial charge in [-0.05, 0) is 25.1 Å². The van der Waals surface area contributed by atoms with Gasteiger partial charge in [0.2, 0.25) is 5.90 Å². The number of esters is 1. The Morgan fingerprint density at radius 1 is 1.40 bits per heavy atom. The minimum absolute atomic E-state index is 0.124. The van der Waals surface area contributed by atoms with Gasteiger partial charge < -0.3 is 9.47 Å². The standard InChI is InChI=1S/C17H17FN4O3/c1-11-15(22(21-20-11)14-6-4-3-5-13(14)18)10-25-16-8-7-12(9-19-16)17(23)24-2/h3-8,12H,9-10H2,1-2H3. The third-order valence-corrected chi connectivity index (χ3v) is 3.81. The number of hydrogen-bond donors (Lipinski definition) is 0. The molecule has 1 aromatic carbocycles. The number of rotatable bonds is 4. The molecule has 1 atom stereocenters. The summed E-state index contributed by atoms with van der Waals surface area (Å²) in [7, 11) is 1.34. The number of nitrogens with zero attached hydrogens (tertiary/aromatic N) is 4. The molecule has 3 rings (SSSR count). The fraction of sp³-hybridized carbons (Fsp3) is 0.294. The summed E-state index contributed by atoms with van der Waals surface area (Å²) >= 11 is 0. The Balaban J connectivity index is 1.72. The zero-order valence-electron chi connectivity index (χ0n) is 13.8. The van der Waals surface area contributed by atoms with Gasteiger partial charge in [0.15, 0.2) is 0 Å². The Hall–Kier alpha value is -3.03. The van der Waals surface area contributed by atoms with Crippen LogP contribution in [0.25, 0.3) is 5.69 Å². The van der Waals surface area contributed by atoms with E-state index in [-0.39, 0.29) is 19.1 Å². The molecule has 0 saturated heterocycles. The number of dihydropyridines is 1. The summed E-state index contributed by atoms with van der Waals surface area (Å²) in [4.78, 5) is 15.7. The van der Waals surface area contributed by atoms with Crippen molar-refractivity contribution >= 4 is 11.9 Å². The van der Waals surface area contributed by atoms with E-state index in [1.165, 1.54) is 17.9 Å². The zero-order chi connectivity index (χ0) is 17.8. The third-order valence-electron chi connectivity index (χ3n) is 3.81. The SMILES string of the molecule is COC(=O)C1C=CC(OCc2c(C)nnn2-c2ccccc2F)=NC1. The average molecular weight is 344 g/mol. The van der Waals surface area contributed by atoms with Crippen LogP contribution in [0.1, 0.15) is 11.4 Å². The van der Waals surface area contributed by atoms with Gasteiger partial charge in [0, 0.05) is 0 Å². The van der Waals surface area contributed by atoms with Gasteiger partial charge in [-0.2, -0.15) is 0 Å². The number of halogens is 1. The summed E-state index contributed by atoms with van der Waals surface area (Å²) in [5, 5.41) is 7.98. The normalized spacial score (nSPS) is 16.4. The molecule has 1 aliphatic heterocycles. The van der Waals surface area contributed by atoms with Crippen LogP contribution in [0.3, 0.4) is 0 Å². The quantitative estimate of drug-likeness (QED) is 0.793. The van der Waals surface area contributed by atoms with E-state index in [0.29, 0.717) is 23.0 Å². The van der Waals surface area contributed by atoms with Gasteiger partial charge >= 0.3 is 5.97 Å². The Bertz CT molecular complexity index is 844. The molecule has 1 aromatic heterocycles. The Morgan fingerprint density at radius 3 is 2.88 bits per heavy atom. The highest BCUT2D eigenvalue weighted by atomic mass is 19.1. The molecule has 0 N–H and O–H groups in total. The molecule has 2 heterocycles. The number of aromatic nitrogens is 3. The van der Waals surface area contributed by atoms with Gasteiger partial charge in [-0.3, -0.25) is 9.79 Å². The molecule has 0 spiro atoms. The predicted octanol–water partition coefficient (Wildman–Crippen LogP) is 1.99. The maximum Gasteiger partial charge on any atom is 0.314 e. The van der Waals surface area contributed by atoms with Crippen molar-refractivity contribution in [3.8, 4) is 5.69 Å². The van der Waals surface area contributed by atoms with E-state index in [2.05, 4.69) is 20.0 Å². The summed E-state index contributed by atoms with van der Waals surface area (Å²) in [6.07, 6.45) is 3.31. The molecular weight excluding hydrogens is 327 g/mol. The second-order valence-electron chi connectivity index (χ2n) is 5.44. The molecule has 1 aliphatic rings. The van der Waals surface area contributed by atoms with E-state index >= 15 is 0 Å². The Kier molecular flexibility index (Phi) is 4.87. The van der Waals surface area contributed by atoms with Gasteiger partial charge in [-0.25, -0.2) is 9.07 Å². The Labute approximate surface area is 143 Å². The van der Waals surface area contributed by atoms with Crippen molar-refractivity contribution in [3.63, 3.8) is 0 Å². The third kappa shape index (κ3) is 3.57. The number of benzene rings is 1. The van der Waals surface area contributed by atoms with Crippen LogP contribution >= 0.6 is 0 Å². The summed E-state index contributed by atoms with van der Waals surface area (Å²) in [5.74, 6) is -0.744. The molecular formula is C17H17FN4O3. The molecule has 1 unspecified atom stereocenters. The molecule has 0 aliphatic carbocycles. The van der Waals surface area contributed by atoms with Crippen LogP contribution in [0, 0.1) is 18.7 Å². The topological polar surface area (TPSA) is 78.6 Å². The van der Waals surface area contributed by atoms with Gasteiger partial charge in [0.05, 0.1) is 25.3 Å². The first-order chi connectivity index (χ1) is 12.1. The smallest absolute Gasteiger partial charge is 0.314 e. The minimum atomic E-state index is -0.399. The van der Waals surface area contributed by atoms with Crippen LogP contribution in [0.2, 0.25) is 0 Å². The van der Waals surface area contributed by atoms with Crippen LogP contribution in [-0.2, 0) is 20.9 Å². The van der Waals surface area contributed by atoms with Crippen LogP contribution in [0.4, 0.5) is 4.39 Å². The van der Waals surface area contributed by atoms with Crippen molar-refractivity contribution in [1.82, 2.24) is 15.0 Å². The van der Waals surface area contributed by atoms with Crippen molar-refractivity contribution in [2.45, 2.75) is 13.5 Å². The van der Waals surface area contributed by atoms with Crippen molar-refractivity contribution in [2.24, 2.45) is 10.9 Å². The molecule has 0 saturated carbocycles. The van der Waals surface area contributed by atoms with E-state index in [1.807, 2.05) is 0 Å². The van der Waals surface area contributed by atoms with Gasteiger partial charge in [0.1, 0.15) is 23.8 Å². The first-order valence-corrected chi connectivity index (χ1v) is 7.69. The van der Waals surface area contributed by atoms with Crippen molar-refractivity contribution in [1.29, 1.82) is 0 Å². The number of methoxy groups -OCH3 is 1. The van der Waals surface area contributed by atoms with Gasteiger partial charge in [-0.15, -0.1) is 5.10 Å². The number of carbonyl (C=O) groups excluding carboxylic acids is 1. The fourth-order valence-electron chi connectivity index (χ4n) is 2.40. The highest BCUT2D eigenvalue weighted by Gasteiger charge is 2.20. The second-order valence-corrected chi connectivity index (χ2v) is 5.44. The minimum Gasteiger partial charge on any atom is -0.471 e. The molecule has 0 fully saturated rings. The molecule has 130 valence electrons. The second kappa shape index (κ2) is 7.25. The number of ether oxygens (including phenoxy) is 2. The number of hydrogen-bond acceptors (Lipinski definition) is 6. The lowest BCUT2D eigenvalue weighted by Gasteiger charge is -2.14. The molecule has 25 heavy (non-hydrogen) atoms. The highest BCUT2D eigenvalue weighted by molar-refractivity contribution is 5.90. The van der Waals surface area contributed by atoms with Gasteiger partial charge in [0.25, 0.3) is 0 Å². The van der Waals surface area contributed by atoms with E-state index in [4.69, 9.17) is 4.74 Å². The Morgan fingerprint density at radius 2 is 2.20 bits per heavy atom. The lowest BCUT2D eigenvalue weighted by molar-refractivity contribution is -0.143. The molecule has 8 heteroatoms. The van der Waals surface area contributed by atoms with E-state index < -0.39 is 11.7 Å². The largest absolute Gasteiger partial charge is 0.471 e. The maximum absolute atomic E-state index is 14.0. The maximum atomic E-state index is 14.0. The highest BCUT2D eigenvalue weighted by Crippen LogP contribution is 2.17. The molecule has 2 aromatic rings. The molecule has 7 nitrogen and oxygen atoms in total. The fourth-order valence-corrected chi connectivity index (χ4v) is 2.40. The summed E-state index contributed by atoms with van der Waals surface area (Å²) < 4.78 is 25.8. The average Bonchev–Trinajstić information content (AvgIpc) is 3.00. The van der Waals surface area contributed by atoms with Crippen LogP contribution in [0.5, 0.6) is 0 Å². The molecule has 0 radical (unpaired) electrons. The first kappa shape index (κ1) is 16.8. The zero-order valence-corrected chi connectivity index (χ0v) is 13.8. The van der Waals surface area contributed by atoms with E-state index in [9.17, 15) is 9.18 Å². The monoisotopic (exact) mass is 344 g/mol. The van der Waals surface area contributed by atoms with Crippen molar-refractivity contribution < 1.29 is 18.7 Å². The number of carbonyl (C=O) groups is 1. The molecule has 0 amide bonds. The number of aryl methyl sites for hydroxylation is 1.